The van der Waals surface area contributed by atoms with E-state index in [1.165, 1.54) is 30.0 Å². The summed E-state index contributed by atoms with van der Waals surface area (Å²) in [6.45, 7) is -0.699. The Bertz CT molecular complexity index is 1470. The molecular formula is C24H14ClF2N3O5S2. The highest BCUT2D eigenvalue weighted by Crippen LogP contribution is 2.37. The summed E-state index contributed by atoms with van der Waals surface area (Å²) in [5, 5.41) is 13.6. The highest BCUT2D eigenvalue weighted by Gasteiger charge is 2.36. The van der Waals surface area contributed by atoms with Crippen LogP contribution >= 0.6 is 35.1 Å². The third-order valence-corrected chi connectivity index (χ3v) is 7.13. The average molecular weight is 562 g/mol. The predicted octanol–water partition coefficient (Wildman–Crippen LogP) is 6.35. The Kier molecular flexibility index (Phi) is 7.91. The maximum Gasteiger partial charge on any atom is 0.294 e. The van der Waals surface area contributed by atoms with Crippen LogP contribution in [-0.4, -0.2) is 33.4 Å². The molecule has 3 aromatic carbocycles. The quantitative estimate of drug-likeness (QED) is 0.203. The van der Waals surface area contributed by atoms with Gasteiger partial charge in [0.2, 0.25) is 5.91 Å². The van der Waals surface area contributed by atoms with Gasteiger partial charge in [-0.3, -0.25) is 29.4 Å². The number of hydrogen-bond donors (Lipinski definition) is 1. The van der Waals surface area contributed by atoms with Crippen molar-refractivity contribution in [3.8, 4) is 0 Å². The molecule has 0 saturated carbocycles. The zero-order valence-electron chi connectivity index (χ0n) is 18.4. The summed E-state index contributed by atoms with van der Waals surface area (Å²) in [7, 11) is 0. The van der Waals surface area contributed by atoms with Gasteiger partial charge in [-0.25, -0.2) is 8.78 Å². The predicted molar refractivity (Wildman–Crippen MR) is 136 cm³/mol. The SMILES string of the molecule is O=C(CN1C(=O)S/C(=C\c2ccc(Sc3ccc(Cl)cc3)c([N+](=O)[O-])c2)C1=O)Nc1ccc(F)cc1F. The van der Waals surface area contributed by atoms with Gasteiger partial charge in [0.25, 0.3) is 16.8 Å². The molecule has 1 saturated heterocycles. The maximum atomic E-state index is 13.8. The Morgan fingerprint density at radius 2 is 1.84 bits per heavy atom. The summed E-state index contributed by atoms with van der Waals surface area (Å²) in [4.78, 5) is 50.2. The van der Waals surface area contributed by atoms with E-state index in [1.54, 1.807) is 30.3 Å². The number of halogens is 3. The molecule has 0 unspecified atom stereocenters. The molecule has 4 rings (SSSR count). The number of nitrogens with one attached hydrogen (secondary N) is 1. The highest BCUT2D eigenvalue weighted by atomic mass is 35.5. The van der Waals surface area contributed by atoms with E-state index in [2.05, 4.69) is 5.32 Å². The fourth-order valence-corrected chi connectivity index (χ4v) is 5.06. The fraction of sp³-hybridized carbons (Fsp3) is 0.0417. The summed E-state index contributed by atoms with van der Waals surface area (Å²) in [6, 6.07) is 13.7. The molecule has 37 heavy (non-hydrogen) atoms. The van der Waals surface area contributed by atoms with Crippen LogP contribution in [0.2, 0.25) is 5.02 Å². The first-order valence-electron chi connectivity index (χ1n) is 10.3. The molecule has 1 aliphatic rings. The zero-order valence-corrected chi connectivity index (χ0v) is 20.8. The molecule has 188 valence electrons. The first kappa shape index (κ1) is 26.3. The lowest BCUT2D eigenvalue weighted by Gasteiger charge is -2.12. The Labute approximate surface area is 221 Å². The van der Waals surface area contributed by atoms with E-state index in [0.29, 0.717) is 38.2 Å². The van der Waals surface area contributed by atoms with E-state index in [4.69, 9.17) is 11.6 Å². The second-order valence-electron chi connectivity index (χ2n) is 7.48. The van der Waals surface area contributed by atoms with Gasteiger partial charge in [-0.2, -0.15) is 0 Å². The van der Waals surface area contributed by atoms with Gasteiger partial charge in [-0.15, -0.1) is 0 Å². The van der Waals surface area contributed by atoms with Gasteiger partial charge >= 0.3 is 0 Å². The van der Waals surface area contributed by atoms with Gasteiger partial charge in [-0.05, 0) is 65.9 Å². The first-order valence-corrected chi connectivity index (χ1v) is 12.3. The Balaban J connectivity index is 1.49. The minimum atomic E-state index is -1.01. The molecule has 0 aromatic heterocycles. The van der Waals surface area contributed by atoms with E-state index in [1.807, 2.05) is 0 Å². The summed E-state index contributed by atoms with van der Waals surface area (Å²) >= 11 is 7.60. The van der Waals surface area contributed by atoms with Crippen molar-refractivity contribution in [1.29, 1.82) is 0 Å². The molecule has 0 bridgehead atoms. The van der Waals surface area contributed by atoms with Gasteiger partial charge < -0.3 is 5.32 Å². The van der Waals surface area contributed by atoms with E-state index in [0.717, 1.165) is 17.0 Å². The van der Waals surface area contributed by atoms with Crippen LogP contribution in [0.4, 0.5) is 25.0 Å². The molecule has 3 aromatic rings. The van der Waals surface area contributed by atoms with Crippen molar-refractivity contribution in [2.24, 2.45) is 0 Å². The molecule has 1 aliphatic heterocycles. The topological polar surface area (TPSA) is 110 Å². The van der Waals surface area contributed by atoms with Crippen LogP contribution < -0.4 is 5.32 Å². The highest BCUT2D eigenvalue weighted by molar-refractivity contribution is 8.18. The third kappa shape index (κ3) is 6.34. The molecule has 3 amide bonds. The van der Waals surface area contributed by atoms with Crippen LogP contribution in [0.1, 0.15) is 5.56 Å². The Morgan fingerprint density at radius 1 is 1.11 bits per heavy atom. The maximum absolute atomic E-state index is 13.8. The summed E-state index contributed by atoms with van der Waals surface area (Å²) < 4.78 is 26.8. The number of nitro groups is 1. The smallest absolute Gasteiger partial charge is 0.294 e. The van der Waals surface area contributed by atoms with Crippen molar-refractivity contribution < 1.29 is 28.1 Å². The van der Waals surface area contributed by atoms with Crippen LogP contribution in [0.25, 0.3) is 6.08 Å². The first-order chi connectivity index (χ1) is 17.6. The number of nitrogens with zero attached hydrogens (tertiary/aromatic N) is 2. The Morgan fingerprint density at radius 3 is 2.51 bits per heavy atom. The van der Waals surface area contributed by atoms with Crippen molar-refractivity contribution in [3.05, 3.63) is 97.9 Å². The number of rotatable bonds is 7. The summed E-state index contributed by atoms with van der Waals surface area (Å²) in [5.41, 5.74) is -0.207. The number of amides is 3. The molecule has 0 atom stereocenters. The monoisotopic (exact) mass is 561 g/mol. The minimum absolute atomic E-state index is 0.0434. The van der Waals surface area contributed by atoms with Crippen LogP contribution in [0.15, 0.2) is 75.4 Å². The normalized spacial score (nSPS) is 14.4. The van der Waals surface area contributed by atoms with Crippen molar-refractivity contribution in [2.75, 3.05) is 11.9 Å². The number of carbonyl (C=O) groups is 3. The second-order valence-corrected chi connectivity index (χ2v) is 10.0. The van der Waals surface area contributed by atoms with Crippen molar-refractivity contribution >= 4 is 69.6 Å². The van der Waals surface area contributed by atoms with Crippen LogP contribution in [0.5, 0.6) is 0 Å². The minimum Gasteiger partial charge on any atom is -0.322 e. The van der Waals surface area contributed by atoms with Crippen LogP contribution in [0.3, 0.4) is 0 Å². The van der Waals surface area contributed by atoms with Gasteiger partial charge in [0, 0.05) is 22.1 Å². The number of anilines is 1. The van der Waals surface area contributed by atoms with Crippen molar-refractivity contribution in [2.45, 2.75) is 9.79 Å². The standard InChI is InChI=1S/C24H14ClF2N3O5S2/c25-14-2-5-16(6-3-14)36-20-8-1-13(9-19(20)30(34)35)10-21-23(32)29(24(33)37-21)12-22(31)28-18-7-4-15(26)11-17(18)27/h1-11H,12H2,(H,28,31)/b21-10-. The number of carbonyl (C=O) groups excluding carboxylic acids is 3. The fourth-order valence-electron chi connectivity index (χ4n) is 3.19. The lowest BCUT2D eigenvalue weighted by molar-refractivity contribution is -0.387. The molecular weight excluding hydrogens is 548 g/mol. The van der Waals surface area contributed by atoms with Gasteiger partial charge in [-0.1, -0.05) is 29.4 Å². The van der Waals surface area contributed by atoms with E-state index in [-0.39, 0.29) is 16.3 Å². The largest absolute Gasteiger partial charge is 0.322 e. The summed E-state index contributed by atoms with van der Waals surface area (Å²) in [6.07, 6.45) is 1.31. The zero-order chi connectivity index (χ0) is 26.7. The third-order valence-electron chi connectivity index (χ3n) is 4.90. The van der Waals surface area contributed by atoms with Crippen LogP contribution in [-0.2, 0) is 9.59 Å². The molecule has 1 fully saturated rings. The molecule has 1 heterocycles. The number of thioether (sulfide) groups is 1. The van der Waals surface area contributed by atoms with E-state index < -0.39 is 40.2 Å². The molecule has 0 aliphatic carbocycles. The molecule has 0 spiro atoms. The summed E-state index contributed by atoms with van der Waals surface area (Å²) in [5.74, 6) is -3.50. The second kappa shape index (κ2) is 11.1. The lowest BCUT2D eigenvalue weighted by atomic mass is 10.2. The van der Waals surface area contributed by atoms with Gasteiger partial charge in [0.15, 0.2) is 0 Å². The number of imide groups is 1. The van der Waals surface area contributed by atoms with Crippen molar-refractivity contribution in [3.63, 3.8) is 0 Å². The molecule has 13 heteroatoms. The molecule has 8 nitrogen and oxygen atoms in total. The van der Waals surface area contributed by atoms with Crippen molar-refractivity contribution in [1.82, 2.24) is 4.90 Å². The Hall–Kier alpha value is -3.74. The lowest BCUT2D eigenvalue weighted by Crippen LogP contribution is -2.36. The van der Waals surface area contributed by atoms with Gasteiger partial charge in [0.1, 0.15) is 18.2 Å². The molecule has 1 N–H and O–H groups in total. The van der Waals surface area contributed by atoms with Gasteiger partial charge in [0.05, 0.1) is 20.4 Å². The number of benzene rings is 3. The average Bonchev–Trinajstić information content (AvgIpc) is 3.10. The van der Waals surface area contributed by atoms with E-state index >= 15 is 0 Å². The van der Waals surface area contributed by atoms with Crippen LogP contribution in [0, 0.1) is 21.7 Å². The number of hydrogen-bond acceptors (Lipinski definition) is 7. The molecule has 0 radical (unpaired) electrons. The number of nitro benzene ring substituents is 1. The van der Waals surface area contributed by atoms with E-state index in [9.17, 15) is 33.3 Å².